The fourth-order valence-corrected chi connectivity index (χ4v) is 3.53. The maximum Gasteiger partial charge on any atom is 0.0458 e. The van der Waals surface area contributed by atoms with Crippen LogP contribution in [0.3, 0.4) is 0 Å². The van der Waals surface area contributed by atoms with Crippen LogP contribution in [0.25, 0.3) is 10.9 Å². The molecule has 1 saturated heterocycles. The smallest absolute Gasteiger partial charge is 0.0458 e. The van der Waals surface area contributed by atoms with Gasteiger partial charge in [-0.15, -0.1) is 0 Å². The molecule has 0 bridgehead atoms. The molecule has 3 N–H and O–H groups in total. The third-order valence-corrected chi connectivity index (χ3v) is 4.38. The Balaban J connectivity index is 1.83. The molecule has 3 rings (SSSR count). The van der Waals surface area contributed by atoms with Crippen LogP contribution in [0.4, 0.5) is 0 Å². The highest BCUT2D eigenvalue weighted by atomic mass is 79.9. The molecule has 0 saturated carbocycles. The normalized spacial score (nSPS) is 25.0. The number of hydrogen-bond acceptors (Lipinski definition) is 2. The van der Waals surface area contributed by atoms with Crippen molar-refractivity contribution in [1.82, 2.24) is 9.88 Å². The molecule has 0 spiro atoms. The van der Waals surface area contributed by atoms with Gasteiger partial charge in [0.15, 0.2) is 0 Å². The Labute approximate surface area is 122 Å². The van der Waals surface area contributed by atoms with Gasteiger partial charge < -0.3 is 10.7 Å². The highest BCUT2D eigenvalue weighted by molar-refractivity contribution is 9.10. The van der Waals surface area contributed by atoms with E-state index in [-0.39, 0.29) is 0 Å². The second-order valence-electron chi connectivity index (χ2n) is 5.80. The van der Waals surface area contributed by atoms with E-state index in [9.17, 15) is 0 Å². The van der Waals surface area contributed by atoms with Crippen molar-refractivity contribution in [1.29, 1.82) is 0 Å². The van der Waals surface area contributed by atoms with E-state index in [1.807, 2.05) is 0 Å². The van der Waals surface area contributed by atoms with Crippen molar-refractivity contribution in [3.05, 3.63) is 34.4 Å². The Morgan fingerprint density at radius 2 is 2.26 bits per heavy atom. The molecule has 2 atom stereocenters. The van der Waals surface area contributed by atoms with Crippen molar-refractivity contribution in [2.45, 2.75) is 25.9 Å². The molecule has 1 fully saturated rings. The largest absolute Gasteiger partial charge is 0.361 e. The second kappa shape index (κ2) is 5.27. The summed E-state index contributed by atoms with van der Waals surface area (Å²) < 4.78 is 1.13. The van der Waals surface area contributed by atoms with Gasteiger partial charge in [-0.05, 0) is 36.1 Å². The Morgan fingerprint density at radius 1 is 1.42 bits per heavy atom. The number of hydrogen-bond donors (Lipinski definition) is 2. The molecule has 3 nitrogen and oxygen atoms in total. The summed E-state index contributed by atoms with van der Waals surface area (Å²) in [7, 11) is 0. The molecule has 0 aliphatic carbocycles. The molecule has 4 heteroatoms. The maximum absolute atomic E-state index is 6.12. The van der Waals surface area contributed by atoms with Crippen LogP contribution < -0.4 is 5.73 Å². The van der Waals surface area contributed by atoms with Gasteiger partial charge in [0.1, 0.15) is 0 Å². The minimum Gasteiger partial charge on any atom is -0.361 e. The van der Waals surface area contributed by atoms with Crippen molar-refractivity contribution >= 4 is 26.8 Å². The number of aromatic nitrogens is 1. The van der Waals surface area contributed by atoms with E-state index in [1.54, 1.807) is 0 Å². The lowest BCUT2D eigenvalue weighted by Crippen LogP contribution is -2.45. The van der Waals surface area contributed by atoms with Crippen LogP contribution in [-0.2, 0) is 6.54 Å². The number of aromatic amines is 1. The molecule has 1 aromatic carbocycles. The SMILES string of the molecule is CC1CC(N)CN(Cc2c[nH]c3ccc(Br)cc23)C1. The summed E-state index contributed by atoms with van der Waals surface area (Å²) in [5.74, 6) is 0.695. The summed E-state index contributed by atoms with van der Waals surface area (Å²) in [5.41, 5.74) is 8.68. The summed E-state index contributed by atoms with van der Waals surface area (Å²) in [6, 6.07) is 6.70. The molecule has 0 radical (unpaired) electrons. The van der Waals surface area contributed by atoms with Gasteiger partial charge >= 0.3 is 0 Å². The Morgan fingerprint density at radius 3 is 3.05 bits per heavy atom. The first-order chi connectivity index (χ1) is 9.11. The predicted molar refractivity (Wildman–Crippen MR) is 83.0 cm³/mol. The molecule has 102 valence electrons. The Kier molecular flexibility index (Phi) is 3.65. The van der Waals surface area contributed by atoms with Gasteiger partial charge in [0.2, 0.25) is 0 Å². The van der Waals surface area contributed by atoms with Gasteiger partial charge in [-0.25, -0.2) is 0 Å². The zero-order chi connectivity index (χ0) is 13.4. The van der Waals surface area contributed by atoms with Crippen LogP contribution in [0, 0.1) is 5.92 Å². The van der Waals surface area contributed by atoms with E-state index >= 15 is 0 Å². The molecule has 1 aromatic heterocycles. The lowest BCUT2D eigenvalue weighted by Gasteiger charge is -2.34. The second-order valence-corrected chi connectivity index (χ2v) is 6.71. The zero-order valence-corrected chi connectivity index (χ0v) is 12.8. The number of nitrogens with one attached hydrogen (secondary N) is 1. The van der Waals surface area contributed by atoms with Crippen LogP contribution in [0.1, 0.15) is 18.9 Å². The van der Waals surface area contributed by atoms with Gasteiger partial charge in [0.05, 0.1) is 0 Å². The first-order valence-corrected chi connectivity index (χ1v) is 7.64. The van der Waals surface area contributed by atoms with Crippen molar-refractivity contribution in [2.75, 3.05) is 13.1 Å². The Hall–Kier alpha value is -0.840. The number of piperidine rings is 1. The molecule has 2 unspecified atom stereocenters. The van der Waals surface area contributed by atoms with Crippen molar-refractivity contribution < 1.29 is 0 Å². The van der Waals surface area contributed by atoms with E-state index < -0.39 is 0 Å². The van der Waals surface area contributed by atoms with Crippen molar-refractivity contribution in [2.24, 2.45) is 11.7 Å². The summed E-state index contributed by atoms with van der Waals surface area (Å²) in [6.45, 7) is 5.42. The number of fused-ring (bicyclic) bond motifs is 1. The number of nitrogens with two attached hydrogens (primary N) is 1. The summed E-state index contributed by atoms with van der Waals surface area (Å²) in [5, 5.41) is 1.31. The van der Waals surface area contributed by atoms with Gasteiger partial charge in [-0.2, -0.15) is 0 Å². The quantitative estimate of drug-likeness (QED) is 0.892. The van der Waals surface area contributed by atoms with E-state index in [2.05, 4.69) is 57.1 Å². The third kappa shape index (κ3) is 2.86. The molecular formula is C15H20BrN3. The molecule has 1 aliphatic rings. The number of likely N-dealkylation sites (tertiary alicyclic amines) is 1. The van der Waals surface area contributed by atoms with Gasteiger partial charge in [-0.1, -0.05) is 22.9 Å². The predicted octanol–water partition coefficient (Wildman–Crippen LogP) is 3.10. The number of benzene rings is 1. The van der Waals surface area contributed by atoms with Crippen LogP contribution >= 0.6 is 15.9 Å². The molecule has 19 heavy (non-hydrogen) atoms. The fourth-order valence-electron chi connectivity index (χ4n) is 3.16. The van der Waals surface area contributed by atoms with Crippen molar-refractivity contribution in [3.63, 3.8) is 0 Å². The summed E-state index contributed by atoms with van der Waals surface area (Å²) in [6.07, 6.45) is 3.28. The highest BCUT2D eigenvalue weighted by Crippen LogP contribution is 2.25. The lowest BCUT2D eigenvalue weighted by atomic mass is 9.96. The lowest BCUT2D eigenvalue weighted by molar-refractivity contribution is 0.159. The van der Waals surface area contributed by atoms with E-state index in [4.69, 9.17) is 5.73 Å². The molecule has 0 amide bonds. The fraction of sp³-hybridized carbons (Fsp3) is 0.467. The topological polar surface area (TPSA) is 45.0 Å². The average molecular weight is 322 g/mol. The first-order valence-electron chi connectivity index (χ1n) is 6.85. The zero-order valence-electron chi connectivity index (χ0n) is 11.2. The van der Waals surface area contributed by atoms with E-state index in [0.29, 0.717) is 12.0 Å². The van der Waals surface area contributed by atoms with Crippen LogP contribution in [-0.4, -0.2) is 29.0 Å². The van der Waals surface area contributed by atoms with Gasteiger partial charge in [0, 0.05) is 47.2 Å². The van der Waals surface area contributed by atoms with Crippen LogP contribution in [0.5, 0.6) is 0 Å². The average Bonchev–Trinajstić information content (AvgIpc) is 2.70. The number of H-pyrrole nitrogens is 1. The maximum atomic E-state index is 6.12. The summed E-state index contributed by atoms with van der Waals surface area (Å²) >= 11 is 3.55. The third-order valence-electron chi connectivity index (χ3n) is 3.89. The monoisotopic (exact) mass is 321 g/mol. The minimum absolute atomic E-state index is 0.320. The number of rotatable bonds is 2. The first kappa shape index (κ1) is 13.2. The molecule has 2 aromatic rings. The van der Waals surface area contributed by atoms with Gasteiger partial charge in [0.25, 0.3) is 0 Å². The van der Waals surface area contributed by atoms with E-state index in [0.717, 1.165) is 30.5 Å². The Bertz CT molecular complexity index is 568. The standard InChI is InChI=1S/C15H20BrN3/c1-10-4-13(17)9-19(7-10)8-11-6-18-15-3-2-12(16)5-14(11)15/h2-3,5-6,10,13,18H,4,7-9,17H2,1H3. The molecule has 2 heterocycles. The van der Waals surface area contributed by atoms with Crippen LogP contribution in [0.15, 0.2) is 28.9 Å². The minimum atomic E-state index is 0.320. The number of nitrogens with zero attached hydrogens (tertiary/aromatic N) is 1. The van der Waals surface area contributed by atoms with Crippen LogP contribution in [0.2, 0.25) is 0 Å². The highest BCUT2D eigenvalue weighted by Gasteiger charge is 2.22. The number of halogens is 1. The van der Waals surface area contributed by atoms with E-state index in [1.165, 1.54) is 16.5 Å². The summed E-state index contributed by atoms with van der Waals surface area (Å²) in [4.78, 5) is 5.82. The van der Waals surface area contributed by atoms with Gasteiger partial charge in [-0.3, -0.25) is 4.90 Å². The van der Waals surface area contributed by atoms with Crippen molar-refractivity contribution in [3.8, 4) is 0 Å². The molecular weight excluding hydrogens is 302 g/mol. The molecule has 1 aliphatic heterocycles.